The Hall–Kier alpha value is -1.99. The van der Waals surface area contributed by atoms with Gasteiger partial charge in [-0.15, -0.1) is 0 Å². The molecule has 7 unspecified atom stereocenters. The van der Waals surface area contributed by atoms with E-state index < -0.39 is 52.6 Å². The predicted octanol–water partition coefficient (Wildman–Crippen LogP) is 0.701. The Labute approximate surface area is 151 Å². The maximum atomic E-state index is 12.7. The number of hydrogen-bond donors (Lipinski definition) is 1. The maximum absolute atomic E-state index is 12.7. The second-order valence-electron chi connectivity index (χ2n) is 8.41. The van der Waals surface area contributed by atoms with E-state index in [9.17, 15) is 19.5 Å². The van der Waals surface area contributed by atoms with Gasteiger partial charge in [-0.3, -0.25) is 4.79 Å². The van der Waals surface area contributed by atoms with Crippen LogP contribution in [0.1, 0.15) is 27.2 Å². The molecule has 0 bridgehead atoms. The van der Waals surface area contributed by atoms with Gasteiger partial charge in [0.15, 0.2) is 11.4 Å². The fourth-order valence-corrected chi connectivity index (χ4v) is 4.73. The number of carbonyl (C=O) groups excluding carboxylic acids is 3. The standard InChI is InChI=1S/C19H22O7/c1-9-12-10(25-16(22)19(4)8-24-19)7-17(2)11(20)5-6-18(3,23)14(17)13(12)26-15(9)21/h5-6,10,12-14,23H,1,7-8H2,2-4H3. The molecule has 0 aromatic carbocycles. The van der Waals surface area contributed by atoms with Crippen molar-refractivity contribution in [2.45, 2.75) is 50.6 Å². The highest BCUT2D eigenvalue weighted by atomic mass is 16.6. The van der Waals surface area contributed by atoms with E-state index in [1.807, 2.05) is 0 Å². The lowest BCUT2D eigenvalue weighted by molar-refractivity contribution is -0.191. The van der Waals surface area contributed by atoms with Gasteiger partial charge in [0.2, 0.25) is 0 Å². The third kappa shape index (κ3) is 2.23. The molecule has 4 rings (SSSR count). The zero-order valence-electron chi connectivity index (χ0n) is 15.0. The lowest BCUT2D eigenvalue weighted by atomic mass is 9.53. The first kappa shape index (κ1) is 17.4. The van der Waals surface area contributed by atoms with Gasteiger partial charge in [-0.1, -0.05) is 13.5 Å². The molecule has 0 aromatic rings. The van der Waals surface area contributed by atoms with Gasteiger partial charge >= 0.3 is 11.9 Å². The second kappa shape index (κ2) is 5.04. The molecular formula is C19H22O7. The first-order chi connectivity index (χ1) is 12.0. The minimum Gasteiger partial charge on any atom is -0.459 e. The van der Waals surface area contributed by atoms with Crippen molar-refractivity contribution < 1.29 is 33.7 Å². The Morgan fingerprint density at radius 3 is 2.62 bits per heavy atom. The Morgan fingerprint density at radius 1 is 1.35 bits per heavy atom. The van der Waals surface area contributed by atoms with Crippen molar-refractivity contribution in [3.63, 3.8) is 0 Å². The zero-order valence-corrected chi connectivity index (χ0v) is 15.0. The van der Waals surface area contributed by atoms with Crippen molar-refractivity contribution in [3.8, 4) is 0 Å². The van der Waals surface area contributed by atoms with Crippen LogP contribution in [0.25, 0.3) is 0 Å². The average Bonchev–Trinajstić information content (AvgIpc) is 3.22. The van der Waals surface area contributed by atoms with Gasteiger partial charge in [-0.25, -0.2) is 9.59 Å². The molecule has 4 aliphatic rings. The van der Waals surface area contributed by atoms with Gasteiger partial charge in [0, 0.05) is 16.9 Å². The Bertz CT molecular complexity index is 760. The summed E-state index contributed by atoms with van der Waals surface area (Å²) in [6.45, 7) is 9.02. The van der Waals surface area contributed by atoms with E-state index in [4.69, 9.17) is 14.2 Å². The van der Waals surface area contributed by atoms with Crippen molar-refractivity contribution in [1.82, 2.24) is 0 Å². The molecule has 2 heterocycles. The summed E-state index contributed by atoms with van der Waals surface area (Å²) in [5, 5.41) is 10.9. The largest absolute Gasteiger partial charge is 0.459 e. The summed E-state index contributed by atoms with van der Waals surface area (Å²) in [4.78, 5) is 37.3. The van der Waals surface area contributed by atoms with E-state index in [-0.39, 0.29) is 24.4 Å². The Balaban J connectivity index is 1.75. The van der Waals surface area contributed by atoms with Crippen LogP contribution >= 0.6 is 0 Å². The maximum Gasteiger partial charge on any atom is 0.340 e. The Morgan fingerprint density at radius 2 is 2.00 bits per heavy atom. The molecule has 2 aliphatic carbocycles. The monoisotopic (exact) mass is 362 g/mol. The molecular weight excluding hydrogens is 340 g/mol. The SMILES string of the molecule is C=C1C(=O)OC2C1C(OC(=O)C1(C)CO1)CC1(C)C(=O)C=CC(C)(O)C21. The van der Waals surface area contributed by atoms with E-state index in [2.05, 4.69) is 6.58 Å². The number of ether oxygens (including phenoxy) is 3. The van der Waals surface area contributed by atoms with Crippen LogP contribution < -0.4 is 0 Å². The van der Waals surface area contributed by atoms with Gasteiger partial charge in [-0.2, -0.15) is 0 Å². The van der Waals surface area contributed by atoms with Crippen LogP contribution in [-0.4, -0.2) is 52.8 Å². The number of fused-ring (bicyclic) bond motifs is 3. The Kier molecular flexibility index (Phi) is 3.38. The normalized spacial score (nSPS) is 49.3. The van der Waals surface area contributed by atoms with E-state index in [0.717, 1.165) is 0 Å². The summed E-state index contributed by atoms with van der Waals surface area (Å²) in [5.74, 6) is -2.55. The molecule has 140 valence electrons. The zero-order chi connectivity index (χ0) is 19.1. The number of esters is 2. The number of epoxide rings is 1. The summed E-state index contributed by atoms with van der Waals surface area (Å²) in [5.41, 5.74) is -3.13. The number of allylic oxidation sites excluding steroid dienone is 1. The molecule has 7 atom stereocenters. The summed E-state index contributed by atoms with van der Waals surface area (Å²) in [7, 11) is 0. The molecule has 3 fully saturated rings. The van der Waals surface area contributed by atoms with Crippen molar-refractivity contribution in [2.24, 2.45) is 17.3 Å². The molecule has 0 aromatic heterocycles. The third-order valence-corrected chi connectivity index (χ3v) is 6.33. The van der Waals surface area contributed by atoms with Gasteiger partial charge in [0.05, 0.1) is 18.1 Å². The van der Waals surface area contributed by atoms with Crippen LogP contribution in [0.5, 0.6) is 0 Å². The van der Waals surface area contributed by atoms with Gasteiger partial charge in [0.25, 0.3) is 0 Å². The molecule has 0 radical (unpaired) electrons. The minimum absolute atomic E-state index is 0.176. The van der Waals surface area contributed by atoms with Crippen molar-refractivity contribution in [1.29, 1.82) is 0 Å². The highest BCUT2D eigenvalue weighted by Gasteiger charge is 2.66. The summed E-state index contributed by atoms with van der Waals surface area (Å²) >= 11 is 0. The van der Waals surface area contributed by atoms with Crippen LogP contribution in [0, 0.1) is 17.3 Å². The van der Waals surface area contributed by atoms with Crippen LogP contribution in [0.15, 0.2) is 24.3 Å². The highest BCUT2D eigenvalue weighted by molar-refractivity contribution is 5.97. The molecule has 26 heavy (non-hydrogen) atoms. The van der Waals surface area contributed by atoms with E-state index in [0.29, 0.717) is 0 Å². The minimum atomic E-state index is -1.34. The van der Waals surface area contributed by atoms with Gasteiger partial charge in [-0.05, 0) is 32.4 Å². The molecule has 0 amide bonds. The fourth-order valence-electron chi connectivity index (χ4n) is 4.73. The second-order valence-corrected chi connectivity index (χ2v) is 8.41. The molecule has 2 saturated heterocycles. The van der Waals surface area contributed by atoms with Crippen LogP contribution in [0.2, 0.25) is 0 Å². The lowest BCUT2D eigenvalue weighted by Gasteiger charge is -2.53. The molecule has 7 heteroatoms. The third-order valence-electron chi connectivity index (χ3n) is 6.33. The van der Waals surface area contributed by atoms with Gasteiger partial charge in [0.1, 0.15) is 12.2 Å². The van der Waals surface area contributed by atoms with E-state index in [1.54, 1.807) is 20.8 Å². The summed E-state index contributed by atoms with van der Waals surface area (Å²) < 4.78 is 16.3. The number of hydrogen-bond acceptors (Lipinski definition) is 7. The number of aliphatic hydroxyl groups is 1. The van der Waals surface area contributed by atoms with Gasteiger partial charge < -0.3 is 19.3 Å². The van der Waals surface area contributed by atoms with Crippen LogP contribution in [0.3, 0.4) is 0 Å². The fraction of sp³-hybridized carbons (Fsp3) is 0.632. The van der Waals surface area contributed by atoms with Crippen LogP contribution in [-0.2, 0) is 28.6 Å². The molecule has 0 spiro atoms. The smallest absolute Gasteiger partial charge is 0.340 e. The molecule has 2 aliphatic heterocycles. The van der Waals surface area contributed by atoms with Crippen LogP contribution in [0.4, 0.5) is 0 Å². The molecule has 1 saturated carbocycles. The highest BCUT2D eigenvalue weighted by Crippen LogP contribution is 2.56. The van der Waals surface area contributed by atoms with Crippen molar-refractivity contribution in [2.75, 3.05) is 6.61 Å². The molecule has 7 nitrogen and oxygen atoms in total. The number of ketones is 1. The van der Waals surface area contributed by atoms with Crippen molar-refractivity contribution >= 4 is 17.7 Å². The number of rotatable bonds is 2. The summed E-state index contributed by atoms with van der Waals surface area (Å²) in [6, 6.07) is 0. The first-order valence-corrected chi connectivity index (χ1v) is 8.70. The summed E-state index contributed by atoms with van der Waals surface area (Å²) in [6.07, 6.45) is 1.44. The van der Waals surface area contributed by atoms with E-state index >= 15 is 0 Å². The van der Waals surface area contributed by atoms with Crippen molar-refractivity contribution in [3.05, 3.63) is 24.3 Å². The predicted molar refractivity (Wildman–Crippen MR) is 87.7 cm³/mol. The topological polar surface area (TPSA) is 102 Å². The first-order valence-electron chi connectivity index (χ1n) is 8.70. The average molecular weight is 362 g/mol. The molecule has 1 N–H and O–H groups in total. The quantitative estimate of drug-likeness (QED) is 0.438. The number of carbonyl (C=O) groups is 3. The van der Waals surface area contributed by atoms with E-state index in [1.165, 1.54) is 12.2 Å². The lowest BCUT2D eigenvalue weighted by Crippen LogP contribution is -2.62.